The number of hydrogen-bond donors (Lipinski definition) is 1. The van der Waals surface area contributed by atoms with Crippen LogP contribution in [0.15, 0.2) is 33.9 Å². The van der Waals surface area contributed by atoms with Crippen LogP contribution in [-0.4, -0.2) is 22.5 Å². The Morgan fingerprint density at radius 3 is 3.00 bits per heavy atom. The predicted molar refractivity (Wildman–Crippen MR) is 64.6 cm³/mol. The number of nitrogens with zero attached hydrogens (tertiary/aromatic N) is 2. The van der Waals surface area contributed by atoms with Crippen molar-refractivity contribution in [3.8, 4) is 0 Å². The van der Waals surface area contributed by atoms with Crippen LogP contribution in [-0.2, 0) is 0 Å². The number of aromatic nitrogens is 2. The molecule has 0 radical (unpaired) electrons. The van der Waals surface area contributed by atoms with E-state index in [0.717, 1.165) is 11.4 Å². The van der Waals surface area contributed by atoms with Crippen LogP contribution in [0.3, 0.4) is 0 Å². The summed E-state index contributed by atoms with van der Waals surface area (Å²) < 4.78 is 18.1. The number of nitrogens with one attached hydrogen (secondary N) is 1. The molecule has 0 saturated carbocycles. The van der Waals surface area contributed by atoms with Gasteiger partial charge in [0.1, 0.15) is 5.82 Å². The second kappa shape index (κ2) is 5.67. The Kier molecular flexibility index (Phi) is 3.98. The van der Waals surface area contributed by atoms with E-state index in [-0.39, 0.29) is 5.82 Å². The molecule has 2 aromatic rings. The quantitative estimate of drug-likeness (QED) is 0.656. The standard InChI is InChI=1S/C11H12FN3OS/c1-8-14-15-11(16-8)17-6-5-13-10-4-2-3-9(12)7-10/h2-4,7,13H,5-6H2,1H3. The lowest BCUT2D eigenvalue weighted by molar-refractivity contribution is 0.429. The van der Waals surface area contributed by atoms with Crippen molar-refractivity contribution in [3.05, 3.63) is 36.0 Å². The summed E-state index contributed by atoms with van der Waals surface area (Å²) in [6.45, 7) is 2.46. The largest absolute Gasteiger partial charge is 0.416 e. The average Bonchev–Trinajstić information content (AvgIpc) is 2.71. The highest BCUT2D eigenvalue weighted by molar-refractivity contribution is 7.99. The normalized spacial score (nSPS) is 10.5. The van der Waals surface area contributed by atoms with Gasteiger partial charge in [0.05, 0.1) is 0 Å². The number of hydrogen-bond acceptors (Lipinski definition) is 5. The van der Waals surface area contributed by atoms with E-state index < -0.39 is 0 Å². The topological polar surface area (TPSA) is 51.0 Å². The molecule has 1 heterocycles. The fraction of sp³-hybridized carbons (Fsp3) is 0.273. The van der Waals surface area contributed by atoms with Crippen LogP contribution in [0.4, 0.5) is 10.1 Å². The highest BCUT2D eigenvalue weighted by Crippen LogP contribution is 2.15. The van der Waals surface area contributed by atoms with Crippen molar-refractivity contribution in [1.29, 1.82) is 0 Å². The number of thioether (sulfide) groups is 1. The molecular weight excluding hydrogens is 241 g/mol. The van der Waals surface area contributed by atoms with Gasteiger partial charge in [0.15, 0.2) is 0 Å². The third kappa shape index (κ3) is 3.74. The van der Waals surface area contributed by atoms with Crippen molar-refractivity contribution >= 4 is 17.4 Å². The van der Waals surface area contributed by atoms with Gasteiger partial charge in [0.25, 0.3) is 5.22 Å². The molecule has 17 heavy (non-hydrogen) atoms. The monoisotopic (exact) mass is 253 g/mol. The van der Waals surface area contributed by atoms with E-state index in [4.69, 9.17) is 4.42 Å². The number of rotatable bonds is 5. The van der Waals surface area contributed by atoms with Crippen molar-refractivity contribution in [2.45, 2.75) is 12.1 Å². The SMILES string of the molecule is Cc1nnc(SCCNc2cccc(F)c2)o1. The number of anilines is 1. The van der Waals surface area contributed by atoms with Gasteiger partial charge in [0.2, 0.25) is 5.89 Å². The number of aryl methyl sites for hydroxylation is 1. The smallest absolute Gasteiger partial charge is 0.276 e. The molecule has 0 bridgehead atoms. The predicted octanol–water partition coefficient (Wildman–Crippen LogP) is 2.72. The minimum atomic E-state index is -0.241. The first kappa shape index (κ1) is 11.9. The molecule has 0 amide bonds. The Hall–Kier alpha value is -1.56. The molecule has 4 nitrogen and oxygen atoms in total. The van der Waals surface area contributed by atoms with Gasteiger partial charge in [-0.1, -0.05) is 17.8 Å². The maximum Gasteiger partial charge on any atom is 0.276 e. The molecule has 0 aliphatic heterocycles. The first-order valence-corrected chi connectivity index (χ1v) is 6.15. The maximum absolute atomic E-state index is 12.9. The van der Waals surface area contributed by atoms with E-state index in [9.17, 15) is 4.39 Å². The van der Waals surface area contributed by atoms with Gasteiger partial charge in [-0.15, -0.1) is 10.2 Å². The van der Waals surface area contributed by atoms with E-state index >= 15 is 0 Å². The number of benzene rings is 1. The summed E-state index contributed by atoms with van der Waals surface area (Å²) in [7, 11) is 0. The Balaban J connectivity index is 1.73. The van der Waals surface area contributed by atoms with Crippen LogP contribution in [0.2, 0.25) is 0 Å². The Morgan fingerprint density at radius 2 is 2.29 bits per heavy atom. The Morgan fingerprint density at radius 1 is 1.41 bits per heavy atom. The van der Waals surface area contributed by atoms with Crippen LogP contribution >= 0.6 is 11.8 Å². The average molecular weight is 253 g/mol. The molecule has 2 rings (SSSR count). The van der Waals surface area contributed by atoms with Crippen molar-refractivity contribution in [1.82, 2.24) is 10.2 Å². The zero-order chi connectivity index (χ0) is 12.1. The van der Waals surface area contributed by atoms with Gasteiger partial charge in [0, 0.05) is 24.9 Å². The summed E-state index contributed by atoms with van der Waals surface area (Å²) in [4.78, 5) is 0. The van der Waals surface area contributed by atoms with Crippen LogP contribution in [0.5, 0.6) is 0 Å². The van der Waals surface area contributed by atoms with Crippen LogP contribution in [0.25, 0.3) is 0 Å². The second-order valence-electron chi connectivity index (χ2n) is 3.37. The van der Waals surface area contributed by atoms with Gasteiger partial charge in [-0.2, -0.15) is 0 Å². The molecule has 0 aliphatic carbocycles. The minimum absolute atomic E-state index is 0.241. The number of halogens is 1. The van der Waals surface area contributed by atoms with E-state index in [1.54, 1.807) is 13.0 Å². The molecule has 0 aliphatic rings. The molecular formula is C11H12FN3OS. The second-order valence-corrected chi connectivity index (χ2v) is 4.42. The zero-order valence-corrected chi connectivity index (χ0v) is 10.1. The van der Waals surface area contributed by atoms with Gasteiger partial charge in [-0.25, -0.2) is 4.39 Å². The van der Waals surface area contributed by atoms with Gasteiger partial charge < -0.3 is 9.73 Å². The summed E-state index contributed by atoms with van der Waals surface area (Å²) in [5.41, 5.74) is 0.771. The summed E-state index contributed by atoms with van der Waals surface area (Å²) in [6, 6.07) is 6.37. The molecule has 0 saturated heterocycles. The van der Waals surface area contributed by atoms with Gasteiger partial charge >= 0.3 is 0 Å². The third-order valence-electron chi connectivity index (χ3n) is 1.99. The Bertz CT molecular complexity index is 489. The lowest BCUT2D eigenvalue weighted by atomic mass is 10.3. The van der Waals surface area contributed by atoms with E-state index in [1.807, 2.05) is 6.07 Å². The van der Waals surface area contributed by atoms with Crippen molar-refractivity contribution in [2.75, 3.05) is 17.6 Å². The van der Waals surface area contributed by atoms with Crippen molar-refractivity contribution < 1.29 is 8.81 Å². The van der Waals surface area contributed by atoms with Gasteiger partial charge in [-0.05, 0) is 18.2 Å². The molecule has 6 heteroatoms. The molecule has 0 atom stereocenters. The first-order chi connectivity index (χ1) is 8.24. The lowest BCUT2D eigenvalue weighted by Crippen LogP contribution is -2.03. The molecule has 0 unspecified atom stereocenters. The lowest BCUT2D eigenvalue weighted by Gasteiger charge is -2.04. The fourth-order valence-corrected chi connectivity index (χ4v) is 1.93. The molecule has 90 valence electrons. The Labute approximate surface area is 103 Å². The van der Waals surface area contributed by atoms with Gasteiger partial charge in [-0.3, -0.25) is 0 Å². The maximum atomic E-state index is 12.9. The van der Waals surface area contributed by atoms with Crippen LogP contribution in [0, 0.1) is 12.7 Å². The molecule has 0 fully saturated rings. The third-order valence-corrected chi connectivity index (χ3v) is 2.81. The summed E-state index contributed by atoms with van der Waals surface area (Å²) in [5.74, 6) is 1.10. The summed E-state index contributed by atoms with van der Waals surface area (Å²) in [6.07, 6.45) is 0. The molecule has 1 aromatic carbocycles. The van der Waals surface area contributed by atoms with E-state index in [0.29, 0.717) is 17.7 Å². The van der Waals surface area contributed by atoms with Crippen molar-refractivity contribution in [2.24, 2.45) is 0 Å². The highest BCUT2D eigenvalue weighted by atomic mass is 32.2. The van der Waals surface area contributed by atoms with E-state index in [1.165, 1.54) is 23.9 Å². The first-order valence-electron chi connectivity index (χ1n) is 5.16. The summed E-state index contributed by atoms with van der Waals surface area (Å²) in [5, 5.41) is 11.3. The van der Waals surface area contributed by atoms with E-state index in [2.05, 4.69) is 15.5 Å². The molecule has 1 aromatic heterocycles. The molecule has 0 spiro atoms. The highest BCUT2D eigenvalue weighted by Gasteiger charge is 2.02. The van der Waals surface area contributed by atoms with Crippen molar-refractivity contribution in [3.63, 3.8) is 0 Å². The minimum Gasteiger partial charge on any atom is -0.416 e. The van der Waals surface area contributed by atoms with Crippen LogP contribution in [0.1, 0.15) is 5.89 Å². The molecule has 1 N–H and O–H groups in total. The zero-order valence-electron chi connectivity index (χ0n) is 9.31. The van der Waals surface area contributed by atoms with Crippen LogP contribution < -0.4 is 5.32 Å². The fourth-order valence-electron chi connectivity index (χ4n) is 1.27. The summed E-state index contributed by atoms with van der Waals surface area (Å²) >= 11 is 1.47.